The molecule has 5 nitrogen and oxygen atoms in total. The molecule has 27 heavy (non-hydrogen) atoms. The summed E-state index contributed by atoms with van der Waals surface area (Å²) in [6.07, 6.45) is 9.73. The van der Waals surface area contributed by atoms with E-state index in [1.807, 2.05) is 12.1 Å². The molecule has 1 atom stereocenters. The lowest BCUT2D eigenvalue weighted by Crippen LogP contribution is -2.25. The average molecular weight is 381 g/mol. The molecule has 0 fully saturated rings. The van der Waals surface area contributed by atoms with E-state index >= 15 is 0 Å². The molecule has 0 saturated carbocycles. The van der Waals surface area contributed by atoms with Gasteiger partial charge in [0.1, 0.15) is 4.83 Å². The predicted octanol–water partition coefficient (Wildman–Crippen LogP) is 3.97. The van der Waals surface area contributed by atoms with Crippen LogP contribution in [0.25, 0.3) is 16.3 Å². The Bertz CT molecular complexity index is 1090. The molecule has 0 radical (unpaired) electrons. The Labute approximate surface area is 159 Å². The molecule has 1 aliphatic rings. The van der Waals surface area contributed by atoms with Gasteiger partial charge < -0.3 is 20.1 Å². The molecular formula is C20H16FN3O2S. The summed E-state index contributed by atoms with van der Waals surface area (Å²) < 4.78 is 19.0. The van der Waals surface area contributed by atoms with E-state index < -0.39 is 12.0 Å². The van der Waals surface area contributed by atoms with Crippen LogP contribution in [0, 0.1) is 18.2 Å². The van der Waals surface area contributed by atoms with Crippen molar-refractivity contribution in [2.24, 2.45) is 0 Å². The van der Waals surface area contributed by atoms with Crippen molar-refractivity contribution in [2.75, 3.05) is 23.9 Å². The molecule has 2 N–H and O–H groups in total. The highest BCUT2D eigenvalue weighted by Gasteiger charge is 2.28. The number of aromatic nitrogens is 1. The Kier molecular flexibility index (Phi) is 4.44. The van der Waals surface area contributed by atoms with Crippen molar-refractivity contribution in [2.45, 2.75) is 6.23 Å². The van der Waals surface area contributed by atoms with Crippen LogP contribution in [0.5, 0.6) is 5.75 Å². The van der Waals surface area contributed by atoms with Crippen LogP contribution in [-0.2, 0) is 0 Å². The number of rotatable bonds is 4. The second-order valence-electron chi connectivity index (χ2n) is 5.89. The van der Waals surface area contributed by atoms with Crippen molar-refractivity contribution >= 4 is 39.0 Å². The monoisotopic (exact) mass is 381 g/mol. The molecule has 1 aliphatic heterocycles. The molecule has 0 aliphatic carbocycles. The number of ether oxygens (including phenoxy) is 1. The van der Waals surface area contributed by atoms with Crippen LogP contribution in [0.3, 0.4) is 0 Å². The van der Waals surface area contributed by atoms with Gasteiger partial charge in [-0.1, -0.05) is 5.92 Å². The van der Waals surface area contributed by atoms with Gasteiger partial charge in [0.2, 0.25) is 0 Å². The molecule has 4 rings (SSSR count). The molecule has 3 heterocycles. The Morgan fingerprint density at radius 2 is 2.30 bits per heavy atom. The van der Waals surface area contributed by atoms with E-state index in [0.717, 1.165) is 26.3 Å². The number of nitrogens with one attached hydrogen (secondary N) is 1. The highest BCUT2D eigenvalue weighted by molar-refractivity contribution is 7.19. The third-order valence-electron chi connectivity index (χ3n) is 4.37. The molecule has 3 aromatic rings. The van der Waals surface area contributed by atoms with Crippen molar-refractivity contribution in [1.82, 2.24) is 4.98 Å². The van der Waals surface area contributed by atoms with Gasteiger partial charge in [-0.25, -0.2) is 9.37 Å². The summed E-state index contributed by atoms with van der Waals surface area (Å²) in [4.78, 5) is 7.56. The summed E-state index contributed by atoms with van der Waals surface area (Å²) in [6.45, 7) is 0.396. The van der Waals surface area contributed by atoms with Crippen molar-refractivity contribution < 1.29 is 14.2 Å². The van der Waals surface area contributed by atoms with Crippen LogP contribution in [-0.4, -0.2) is 23.7 Å². The zero-order valence-electron chi connectivity index (χ0n) is 14.4. The number of aliphatic hydroxyl groups excluding tert-OH is 1. The standard InChI is InChI=1S/C20H16FN3O2S/c1-3-8-22-15-6-9-23-19-17(15)13-7-10-24(20(25)18(13)27-19)12-4-5-16(26-2)14(21)11-12/h1,4-7,9-11,20,25H,8H2,2H3,(H,22,23). The Balaban J connectivity index is 1.77. The maximum Gasteiger partial charge on any atom is 0.167 e. The van der Waals surface area contributed by atoms with Crippen LogP contribution in [0.15, 0.2) is 36.7 Å². The molecule has 2 aromatic heterocycles. The number of benzene rings is 1. The first-order chi connectivity index (χ1) is 13.1. The summed E-state index contributed by atoms with van der Waals surface area (Å²) >= 11 is 1.40. The lowest BCUT2D eigenvalue weighted by molar-refractivity contribution is 0.185. The number of aliphatic hydroxyl groups is 1. The third kappa shape index (κ3) is 2.89. The lowest BCUT2D eigenvalue weighted by atomic mass is 10.1. The number of methoxy groups -OCH3 is 1. The van der Waals surface area contributed by atoms with Crippen LogP contribution >= 0.6 is 11.3 Å². The molecule has 1 unspecified atom stereocenters. The van der Waals surface area contributed by atoms with Crippen LogP contribution in [0.2, 0.25) is 0 Å². The molecule has 0 spiro atoms. The van der Waals surface area contributed by atoms with Crippen molar-refractivity contribution in [3.63, 3.8) is 0 Å². The molecule has 0 bridgehead atoms. The van der Waals surface area contributed by atoms with E-state index in [1.165, 1.54) is 30.6 Å². The first-order valence-corrected chi connectivity index (χ1v) is 9.02. The van der Waals surface area contributed by atoms with E-state index in [-0.39, 0.29) is 5.75 Å². The van der Waals surface area contributed by atoms with Gasteiger partial charge in [0.25, 0.3) is 0 Å². The number of terminal acetylenes is 1. The topological polar surface area (TPSA) is 57.6 Å². The summed E-state index contributed by atoms with van der Waals surface area (Å²) in [5, 5.41) is 15.0. The number of anilines is 2. The summed E-state index contributed by atoms with van der Waals surface area (Å²) in [5.41, 5.74) is 2.29. The lowest BCUT2D eigenvalue weighted by Gasteiger charge is -2.29. The van der Waals surface area contributed by atoms with Crippen LogP contribution in [0.1, 0.15) is 16.7 Å². The molecule has 136 valence electrons. The fourth-order valence-corrected chi connectivity index (χ4v) is 4.26. The number of hydrogen-bond acceptors (Lipinski definition) is 6. The zero-order valence-corrected chi connectivity index (χ0v) is 15.3. The minimum absolute atomic E-state index is 0.158. The van der Waals surface area contributed by atoms with Gasteiger partial charge in [-0.15, -0.1) is 17.8 Å². The van der Waals surface area contributed by atoms with E-state index in [0.29, 0.717) is 12.2 Å². The van der Waals surface area contributed by atoms with E-state index in [1.54, 1.807) is 23.4 Å². The number of thiophene rings is 1. The maximum absolute atomic E-state index is 14.1. The van der Waals surface area contributed by atoms with E-state index in [9.17, 15) is 9.50 Å². The summed E-state index contributed by atoms with van der Waals surface area (Å²) in [7, 11) is 1.41. The minimum Gasteiger partial charge on any atom is -0.494 e. The fourth-order valence-electron chi connectivity index (χ4n) is 3.12. The van der Waals surface area contributed by atoms with Gasteiger partial charge in [-0.2, -0.15) is 0 Å². The van der Waals surface area contributed by atoms with E-state index in [4.69, 9.17) is 11.2 Å². The number of pyridine rings is 1. The Morgan fingerprint density at radius 1 is 1.44 bits per heavy atom. The second kappa shape index (κ2) is 6.91. The van der Waals surface area contributed by atoms with Crippen molar-refractivity contribution in [3.05, 3.63) is 52.9 Å². The Morgan fingerprint density at radius 3 is 3.04 bits per heavy atom. The molecule has 0 saturated heterocycles. The van der Waals surface area contributed by atoms with Crippen molar-refractivity contribution in [3.8, 4) is 18.1 Å². The van der Waals surface area contributed by atoms with Gasteiger partial charge in [-0.05, 0) is 24.3 Å². The maximum atomic E-state index is 14.1. The smallest absolute Gasteiger partial charge is 0.167 e. The largest absolute Gasteiger partial charge is 0.494 e. The second-order valence-corrected chi connectivity index (χ2v) is 6.92. The minimum atomic E-state index is -0.947. The van der Waals surface area contributed by atoms with Crippen molar-refractivity contribution in [1.29, 1.82) is 0 Å². The molecule has 7 heteroatoms. The highest BCUT2D eigenvalue weighted by Crippen LogP contribution is 2.43. The van der Waals surface area contributed by atoms with E-state index in [2.05, 4.69) is 16.2 Å². The van der Waals surface area contributed by atoms with Crippen LogP contribution in [0.4, 0.5) is 15.8 Å². The number of halogens is 1. The zero-order chi connectivity index (χ0) is 19.0. The summed E-state index contributed by atoms with van der Waals surface area (Å²) in [5.74, 6) is 2.23. The van der Waals surface area contributed by atoms with Gasteiger partial charge in [0.15, 0.2) is 17.8 Å². The van der Waals surface area contributed by atoms with Gasteiger partial charge >= 0.3 is 0 Å². The van der Waals surface area contributed by atoms with Crippen LogP contribution < -0.4 is 15.0 Å². The molecular weight excluding hydrogens is 365 g/mol. The quantitative estimate of drug-likeness (QED) is 0.670. The first kappa shape index (κ1) is 17.3. The van der Waals surface area contributed by atoms with Gasteiger partial charge in [0.05, 0.1) is 18.5 Å². The number of fused-ring (bicyclic) bond motifs is 3. The molecule has 0 amide bonds. The normalized spacial score (nSPS) is 15.5. The predicted molar refractivity (Wildman–Crippen MR) is 106 cm³/mol. The summed E-state index contributed by atoms with van der Waals surface area (Å²) in [6, 6.07) is 6.43. The van der Waals surface area contributed by atoms with Gasteiger partial charge in [0, 0.05) is 40.8 Å². The average Bonchev–Trinajstić information content (AvgIpc) is 3.07. The SMILES string of the molecule is C#CCNc1ccnc2sc3c(c12)C=CN(c1ccc(OC)c(F)c1)C3O. The third-order valence-corrected chi connectivity index (χ3v) is 5.53. The molecule has 1 aromatic carbocycles. The highest BCUT2D eigenvalue weighted by atomic mass is 32.1. The first-order valence-electron chi connectivity index (χ1n) is 8.21. The number of nitrogens with zero attached hydrogens (tertiary/aromatic N) is 2. The number of hydrogen-bond donors (Lipinski definition) is 2. The fraction of sp³-hybridized carbons (Fsp3) is 0.150. The Hall–Kier alpha value is -3.08. The van der Waals surface area contributed by atoms with Gasteiger partial charge in [-0.3, -0.25) is 0 Å².